The SMILES string of the molecule is CCOc1ccc(CNC(=O)NCC(O)c2ccsc2)cc1C. The summed E-state index contributed by atoms with van der Waals surface area (Å²) in [7, 11) is 0. The van der Waals surface area contributed by atoms with Crippen molar-refractivity contribution in [2.45, 2.75) is 26.5 Å². The summed E-state index contributed by atoms with van der Waals surface area (Å²) in [4.78, 5) is 11.8. The Balaban J connectivity index is 1.77. The quantitative estimate of drug-likeness (QED) is 0.729. The molecule has 3 N–H and O–H groups in total. The average molecular weight is 334 g/mol. The Bertz CT molecular complexity index is 629. The molecule has 124 valence electrons. The van der Waals surface area contributed by atoms with E-state index < -0.39 is 6.10 Å². The maximum Gasteiger partial charge on any atom is 0.315 e. The number of nitrogens with one attached hydrogen (secondary N) is 2. The number of benzene rings is 1. The summed E-state index contributed by atoms with van der Waals surface area (Å²) in [5.74, 6) is 0.861. The van der Waals surface area contributed by atoms with Crippen LogP contribution >= 0.6 is 11.3 Å². The number of carbonyl (C=O) groups is 1. The number of rotatable bonds is 7. The van der Waals surface area contributed by atoms with E-state index in [0.29, 0.717) is 13.2 Å². The van der Waals surface area contributed by atoms with Crippen LogP contribution < -0.4 is 15.4 Å². The van der Waals surface area contributed by atoms with Crippen LogP contribution in [-0.2, 0) is 6.54 Å². The van der Waals surface area contributed by atoms with Gasteiger partial charge in [-0.2, -0.15) is 11.3 Å². The zero-order valence-electron chi connectivity index (χ0n) is 13.3. The lowest BCUT2D eigenvalue weighted by molar-refractivity contribution is 0.173. The molecule has 0 saturated carbocycles. The van der Waals surface area contributed by atoms with E-state index in [9.17, 15) is 9.90 Å². The van der Waals surface area contributed by atoms with Crippen LogP contribution in [0.15, 0.2) is 35.0 Å². The Morgan fingerprint density at radius 2 is 2.17 bits per heavy atom. The normalized spacial score (nSPS) is 11.8. The summed E-state index contributed by atoms with van der Waals surface area (Å²) >= 11 is 1.52. The minimum Gasteiger partial charge on any atom is -0.494 e. The molecule has 0 aliphatic rings. The highest BCUT2D eigenvalue weighted by molar-refractivity contribution is 7.07. The van der Waals surface area contributed by atoms with Crippen LogP contribution in [0.3, 0.4) is 0 Å². The lowest BCUT2D eigenvalue weighted by Gasteiger charge is -2.12. The van der Waals surface area contributed by atoms with E-state index in [0.717, 1.165) is 22.4 Å². The number of aryl methyl sites for hydroxylation is 1. The monoisotopic (exact) mass is 334 g/mol. The standard InChI is InChI=1S/C17H22N2O3S/c1-3-22-16-5-4-13(8-12(16)2)9-18-17(21)19-10-15(20)14-6-7-23-11-14/h4-8,11,15,20H,3,9-10H2,1-2H3,(H2,18,19,21). The van der Waals surface area contributed by atoms with Crippen molar-refractivity contribution in [2.24, 2.45) is 0 Å². The predicted molar refractivity (Wildman–Crippen MR) is 91.9 cm³/mol. The van der Waals surface area contributed by atoms with Gasteiger partial charge >= 0.3 is 6.03 Å². The Morgan fingerprint density at radius 1 is 1.35 bits per heavy atom. The van der Waals surface area contributed by atoms with Crippen molar-refractivity contribution in [1.29, 1.82) is 0 Å². The van der Waals surface area contributed by atoms with Gasteiger partial charge in [0, 0.05) is 13.1 Å². The molecule has 1 atom stereocenters. The first-order chi connectivity index (χ1) is 11.1. The van der Waals surface area contributed by atoms with Gasteiger partial charge in [0.05, 0.1) is 12.7 Å². The zero-order valence-corrected chi connectivity index (χ0v) is 14.2. The number of amides is 2. The molecule has 0 radical (unpaired) electrons. The smallest absolute Gasteiger partial charge is 0.315 e. The second-order valence-electron chi connectivity index (χ2n) is 5.17. The van der Waals surface area contributed by atoms with Crippen molar-refractivity contribution >= 4 is 17.4 Å². The summed E-state index contributed by atoms with van der Waals surface area (Å²) in [6, 6.07) is 7.38. The number of thiophene rings is 1. The lowest BCUT2D eigenvalue weighted by atomic mass is 10.1. The molecule has 0 spiro atoms. The Kier molecular flexibility index (Phi) is 6.43. The lowest BCUT2D eigenvalue weighted by Crippen LogP contribution is -2.37. The minimum atomic E-state index is -0.681. The second kappa shape index (κ2) is 8.55. The first kappa shape index (κ1) is 17.3. The van der Waals surface area contributed by atoms with Gasteiger partial charge in [-0.3, -0.25) is 0 Å². The van der Waals surface area contributed by atoms with Crippen molar-refractivity contribution < 1.29 is 14.6 Å². The number of carbonyl (C=O) groups excluding carboxylic acids is 1. The van der Waals surface area contributed by atoms with Gasteiger partial charge in [-0.05, 0) is 53.4 Å². The fraction of sp³-hybridized carbons (Fsp3) is 0.353. The van der Waals surface area contributed by atoms with E-state index in [1.807, 2.05) is 48.9 Å². The fourth-order valence-corrected chi connectivity index (χ4v) is 2.86. The van der Waals surface area contributed by atoms with E-state index in [-0.39, 0.29) is 12.6 Å². The molecule has 5 nitrogen and oxygen atoms in total. The third kappa shape index (κ3) is 5.26. The molecule has 0 bridgehead atoms. The third-order valence-electron chi connectivity index (χ3n) is 3.38. The summed E-state index contributed by atoms with van der Waals surface area (Å²) in [6.45, 7) is 5.17. The van der Waals surface area contributed by atoms with Crippen LogP contribution in [0, 0.1) is 6.92 Å². The molecular weight excluding hydrogens is 312 g/mol. The minimum absolute atomic E-state index is 0.185. The molecule has 0 saturated heterocycles. The molecule has 1 aromatic heterocycles. The number of urea groups is 1. The topological polar surface area (TPSA) is 70.6 Å². The molecular formula is C17H22N2O3S. The van der Waals surface area contributed by atoms with E-state index in [4.69, 9.17) is 4.74 Å². The third-order valence-corrected chi connectivity index (χ3v) is 4.08. The molecule has 23 heavy (non-hydrogen) atoms. The second-order valence-corrected chi connectivity index (χ2v) is 5.95. The van der Waals surface area contributed by atoms with Crippen molar-refractivity contribution in [1.82, 2.24) is 10.6 Å². The first-order valence-electron chi connectivity index (χ1n) is 7.54. The summed E-state index contributed by atoms with van der Waals surface area (Å²) in [5.41, 5.74) is 2.86. The molecule has 6 heteroatoms. The van der Waals surface area contributed by atoms with Gasteiger partial charge in [0.25, 0.3) is 0 Å². The van der Waals surface area contributed by atoms with Gasteiger partial charge in [-0.1, -0.05) is 12.1 Å². The summed E-state index contributed by atoms with van der Waals surface area (Å²) in [6.07, 6.45) is -0.681. The number of aliphatic hydroxyl groups is 1. The van der Waals surface area contributed by atoms with Crippen LogP contribution in [0.2, 0.25) is 0 Å². The molecule has 1 unspecified atom stereocenters. The van der Waals surface area contributed by atoms with Gasteiger partial charge in [-0.15, -0.1) is 0 Å². The Labute approximate surface area is 140 Å². The maximum absolute atomic E-state index is 11.8. The number of aliphatic hydroxyl groups excluding tert-OH is 1. The predicted octanol–water partition coefficient (Wildman–Crippen LogP) is 2.99. The highest BCUT2D eigenvalue weighted by Gasteiger charge is 2.09. The molecule has 0 aliphatic heterocycles. The van der Waals surface area contributed by atoms with Crippen LogP contribution in [0.25, 0.3) is 0 Å². The van der Waals surface area contributed by atoms with E-state index in [2.05, 4.69) is 10.6 Å². The maximum atomic E-state index is 11.8. The number of hydrogen-bond acceptors (Lipinski definition) is 4. The molecule has 0 aliphatic carbocycles. The molecule has 1 heterocycles. The van der Waals surface area contributed by atoms with Gasteiger partial charge in [-0.25, -0.2) is 4.79 Å². The number of hydrogen-bond donors (Lipinski definition) is 3. The van der Waals surface area contributed by atoms with Gasteiger partial charge in [0.1, 0.15) is 5.75 Å². The summed E-state index contributed by atoms with van der Waals surface area (Å²) in [5, 5.41) is 19.1. The van der Waals surface area contributed by atoms with Gasteiger partial charge in [0.2, 0.25) is 0 Å². The largest absolute Gasteiger partial charge is 0.494 e. The Hall–Kier alpha value is -2.05. The number of ether oxygens (including phenoxy) is 1. The molecule has 0 fully saturated rings. The van der Waals surface area contributed by atoms with E-state index in [1.165, 1.54) is 11.3 Å². The van der Waals surface area contributed by atoms with Crippen molar-refractivity contribution in [2.75, 3.05) is 13.2 Å². The van der Waals surface area contributed by atoms with Crippen LogP contribution in [-0.4, -0.2) is 24.3 Å². The Morgan fingerprint density at radius 3 is 2.83 bits per heavy atom. The molecule has 2 aromatic rings. The van der Waals surface area contributed by atoms with E-state index in [1.54, 1.807) is 0 Å². The van der Waals surface area contributed by atoms with E-state index >= 15 is 0 Å². The van der Waals surface area contributed by atoms with Crippen molar-refractivity contribution in [3.05, 3.63) is 51.7 Å². The molecule has 2 amide bonds. The van der Waals surface area contributed by atoms with Crippen LogP contribution in [0.5, 0.6) is 5.75 Å². The first-order valence-corrected chi connectivity index (χ1v) is 8.48. The van der Waals surface area contributed by atoms with Crippen LogP contribution in [0.1, 0.15) is 29.7 Å². The van der Waals surface area contributed by atoms with Crippen molar-refractivity contribution in [3.8, 4) is 5.75 Å². The molecule has 1 aromatic carbocycles. The van der Waals surface area contributed by atoms with Gasteiger partial charge < -0.3 is 20.5 Å². The highest BCUT2D eigenvalue weighted by atomic mass is 32.1. The fourth-order valence-electron chi connectivity index (χ4n) is 2.16. The van der Waals surface area contributed by atoms with Gasteiger partial charge in [0.15, 0.2) is 0 Å². The zero-order chi connectivity index (χ0) is 16.7. The average Bonchev–Trinajstić information content (AvgIpc) is 3.07. The summed E-state index contributed by atoms with van der Waals surface area (Å²) < 4.78 is 5.49. The van der Waals surface area contributed by atoms with Crippen molar-refractivity contribution in [3.63, 3.8) is 0 Å². The van der Waals surface area contributed by atoms with Crippen LogP contribution in [0.4, 0.5) is 4.79 Å². The molecule has 2 rings (SSSR count). The highest BCUT2D eigenvalue weighted by Crippen LogP contribution is 2.19.